The van der Waals surface area contributed by atoms with Crippen LogP contribution in [0.15, 0.2) is 47.4 Å². The first-order valence-corrected chi connectivity index (χ1v) is 11.5. The van der Waals surface area contributed by atoms with Gasteiger partial charge in [-0.3, -0.25) is 4.79 Å². The van der Waals surface area contributed by atoms with E-state index in [1.54, 1.807) is 18.2 Å². The summed E-state index contributed by atoms with van der Waals surface area (Å²) in [6.45, 7) is 8.52. The Labute approximate surface area is 173 Å². The zero-order valence-corrected chi connectivity index (χ0v) is 18.3. The molecule has 0 radical (unpaired) electrons. The van der Waals surface area contributed by atoms with Crippen LogP contribution in [0.1, 0.15) is 31.9 Å². The summed E-state index contributed by atoms with van der Waals surface area (Å²) >= 11 is 0. The van der Waals surface area contributed by atoms with Crippen LogP contribution in [0, 0.1) is 6.92 Å². The van der Waals surface area contributed by atoms with Crippen LogP contribution in [0.4, 0.5) is 11.4 Å². The number of hydrogen-bond donors (Lipinski definition) is 1. The number of para-hydroxylation sites is 1. The van der Waals surface area contributed by atoms with Crippen molar-refractivity contribution >= 4 is 27.3 Å². The molecule has 1 N–H and O–H groups in total. The highest BCUT2D eigenvalue weighted by Gasteiger charge is 2.30. The molecule has 0 spiro atoms. The number of anilines is 2. The molecule has 1 aliphatic rings. The lowest BCUT2D eigenvalue weighted by Gasteiger charge is -2.24. The van der Waals surface area contributed by atoms with E-state index in [0.717, 1.165) is 17.7 Å². The lowest BCUT2D eigenvalue weighted by molar-refractivity contribution is -0.117. The van der Waals surface area contributed by atoms with E-state index in [1.807, 2.05) is 50.8 Å². The molecule has 1 amide bonds. The molecule has 0 saturated heterocycles. The normalized spacial score (nSPS) is 16.2. The van der Waals surface area contributed by atoms with Crippen molar-refractivity contribution in [2.75, 3.05) is 29.9 Å². The molecule has 7 heteroatoms. The van der Waals surface area contributed by atoms with E-state index in [9.17, 15) is 13.2 Å². The van der Waals surface area contributed by atoms with E-state index in [4.69, 9.17) is 0 Å². The minimum Gasteiger partial charge on any atom is -0.376 e. The van der Waals surface area contributed by atoms with Crippen molar-refractivity contribution in [3.8, 4) is 0 Å². The number of sulfonamides is 1. The number of nitrogens with one attached hydrogen (secondary N) is 1. The third kappa shape index (κ3) is 4.16. The summed E-state index contributed by atoms with van der Waals surface area (Å²) in [4.78, 5) is 15.0. The second kappa shape index (κ2) is 8.55. The lowest BCUT2D eigenvalue weighted by Crippen LogP contribution is -2.39. The fraction of sp³-hybridized carbons (Fsp3) is 0.409. The summed E-state index contributed by atoms with van der Waals surface area (Å²) in [6.07, 6.45) is 0.846. The second-order valence-corrected chi connectivity index (χ2v) is 9.30. The van der Waals surface area contributed by atoms with E-state index in [-0.39, 0.29) is 23.4 Å². The molecule has 1 heterocycles. The Bertz CT molecular complexity index is 1000. The van der Waals surface area contributed by atoms with E-state index < -0.39 is 10.0 Å². The number of nitrogens with zero attached hydrogens (tertiary/aromatic N) is 2. The molecule has 156 valence electrons. The summed E-state index contributed by atoms with van der Waals surface area (Å²) in [5.74, 6) is -0.0288. The third-order valence-electron chi connectivity index (χ3n) is 5.46. The van der Waals surface area contributed by atoms with Gasteiger partial charge in [0, 0.05) is 30.5 Å². The minimum absolute atomic E-state index is 0.0288. The zero-order chi connectivity index (χ0) is 21.2. The zero-order valence-electron chi connectivity index (χ0n) is 17.5. The maximum Gasteiger partial charge on any atom is 0.246 e. The quantitative estimate of drug-likeness (QED) is 0.752. The predicted octanol–water partition coefficient (Wildman–Crippen LogP) is 3.42. The summed E-state index contributed by atoms with van der Waals surface area (Å²) in [6, 6.07) is 13.1. The molecular weight excluding hydrogens is 386 g/mol. The minimum atomic E-state index is -3.55. The number of aryl methyl sites for hydroxylation is 1. The molecular formula is C22H29N3O3S. The first-order valence-electron chi connectivity index (χ1n) is 10.0. The predicted molar refractivity (Wildman–Crippen MR) is 117 cm³/mol. The first kappa shape index (κ1) is 21.3. The Morgan fingerprint density at radius 2 is 1.86 bits per heavy atom. The maximum atomic E-state index is 12.9. The van der Waals surface area contributed by atoms with Crippen LogP contribution in [-0.4, -0.2) is 44.3 Å². The lowest BCUT2D eigenvalue weighted by atomic mass is 10.1. The van der Waals surface area contributed by atoms with Crippen molar-refractivity contribution < 1.29 is 13.2 Å². The number of rotatable bonds is 7. The molecule has 1 aliphatic heterocycles. The van der Waals surface area contributed by atoms with Crippen molar-refractivity contribution in [3.05, 3.63) is 53.6 Å². The van der Waals surface area contributed by atoms with E-state index >= 15 is 0 Å². The number of fused-ring (bicyclic) bond motifs is 1. The topological polar surface area (TPSA) is 69.7 Å². The summed E-state index contributed by atoms with van der Waals surface area (Å²) in [5, 5.41) is 3.15. The Hall–Kier alpha value is -2.38. The van der Waals surface area contributed by atoms with Crippen LogP contribution in [0.5, 0.6) is 0 Å². The summed E-state index contributed by atoms with van der Waals surface area (Å²) in [7, 11) is -3.55. The molecule has 0 unspecified atom stereocenters. The third-order valence-corrected chi connectivity index (χ3v) is 7.50. The highest BCUT2D eigenvalue weighted by molar-refractivity contribution is 7.89. The monoisotopic (exact) mass is 415 g/mol. The molecule has 2 aromatic rings. The van der Waals surface area contributed by atoms with Crippen molar-refractivity contribution in [1.82, 2.24) is 4.31 Å². The number of hydrogen-bond acceptors (Lipinski definition) is 4. The smallest absolute Gasteiger partial charge is 0.246 e. The van der Waals surface area contributed by atoms with E-state index in [2.05, 4.69) is 11.4 Å². The van der Waals surface area contributed by atoms with Gasteiger partial charge < -0.3 is 10.2 Å². The Morgan fingerprint density at radius 3 is 2.55 bits per heavy atom. The molecule has 0 fully saturated rings. The van der Waals surface area contributed by atoms with Gasteiger partial charge in [-0.25, -0.2) is 8.42 Å². The molecule has 3 rings (SSSR count). The fourth-order valence-electron chi connectivity index (χ4n) is 3.87. The summed E-state index contributed by atoms with van der Waals surface area (Å²) < 4.78 is 27.0. The molecule has 2 aromatic carbocycles. The Balaban J connectivity index is 1.78. The van der Waals surface area contributed by atoms with E-state index in [1.165, 1.54) is 9.87 Å². The standard InChI is InChI=1S/C22H29N3O3S/c1-5-24(6-2)29(27,28)19-12-11-16(3)20(14-19)23-15-22(26)25-17(4)13-18-9-7-8-10-21(18)25/h7-12,14,17,23H,5-6,13,15H2,1-4H3/t17-/m0/s1. The molecule has 1 atom stereocenters. The number of amides is 1. The fourth-order valence-corrected chi connectivity index (χ4v) is 5.35. The molecule has 6 nitrogen and oxygen atoms in total. The van der Waals surface area contributed by atoms with Gasteiger partial charge in [0.15, 0.2) is 0 Å². The second-order valence-electron chi connectivity index (χ2n) is 7.37. The van der Waals surface area contributed by atoms with Crippen LogP contribution < -0.4 is 10.2 Å². The number of benzene rings is 2. The Morgan fingerprint density at radius 1 is 1.17 bits per heavy atom. The van der Waals surface area contributed by atoms with Gasteiger partial charge in [0.05, 0.1) is 11.4 Å². The highest BCUT2D eigenvalue weighted by Crippen LogP contribution is 2.32. The van der Waals surface area contributed by atoms with Gasteiger partial charge in [0.1, 0.15) is 0 Å². The van der Waals surface area contributed by atoms with Gasteiger partial charge in [-0.15, -0.1) is 0 Å². The average molecular weight is 416 g/mol. The van der Waals surface area contributed by atoms with Crippen LogP contribution in [0.3, 0.4) is 0 Å². The van der Waals surface area contributed by atoms with Gasteiger partial charge in [-0.1, -0.05) is 38.1 Å². The summed E-state index contributed by atoms with van der Waals surface area (Å²) in [5.41, 5.74) is 3.69. The first-order chi connectivity index (χ1) is 13.8. The molecule has 0 bridgehead atoms. The SMILES string of the molecule is CCN(CC)S(=O)(=O)c1ccc(C)c(NCC(=O)N2c3ccccc3C[C@@H]2C)c1. The molecule has 0 aromatic heterocycles. The van der Waals surface area contributed by atoms with Crippen molar-refractivity contribution in [2.24, 2.45) is 0 Å². The van der Waals surface area contributed by atoms with Crippen LogP contribution in [0.2, 0.25) is 0 Å². The molecule has 0 aliphatic carbocycles. The number of carbonyl (C=O) groups excluding carboxylic acids is 1. The molecule has 29 heavy (non-hydrogen) atoms. The maximum absolute atomic E-state index is 12.9. The van der Waals surface area contributed by atoms with Gasteiger partial charge in [0.25, 0.3) is 0 Å². The average Bonchev–Trinajstić information content (AvgIpc) is 3.03. The van der Waals surface area contributed by atoms with E-state index in [0.29, 0.717) is 18.8 Å². The van der Waals surface area contributed by atoms with Crippen LogP contribution in [0.25, 0.3) is 0 Å². The van der Waals surface area contributed by atoms with Crippen molar-refractivity contribution in [1.29, 1.82) is 0 Å². The van der Waals surface area contributed by atoms with Crippen LogP contribution in [-0.2, 0) is 21.2 Å². The van der Waals surface area contributed by atoms with Crippen LogP contribution >= 0.6 is 0 Å². The highest BCUT2D eigenvalue weighted by atomic mass is 32.2. The van der Waals surface area contributed by atoms with Gasteiger partial charge in [-0.2, -0.15) is 4.31 Å². The molecule has 0 saturated carbocycles. The largest absolute Gasteiger partial charge is 0.376 e. The number of carbonyl (C=O) groups is 1. The van der Waals surface area contributed by atoms with Gasteiger partial charge in [-0.05, 0) is 49.6 Å². The van der Waals surface area contributed by atoms with Gasteiger partial charge >= 0.3 is 0 Å². The van der Waals surface area contributed by atoms with Gasteiger partial charge in [0.2, 0.25) is 15.9 Å². The van der Waals surface area contributed by atoms with Crippen molar-refractivity contribution in [2.45, 2.75) is 45.1 Å². The van der Waals surface area contributed by atoms with Crippen molar-refractivity contribution in [3.63, 3.8) is 0 Å². The Kier molecular flexibility index (Phi) is 6.29.